The molecule has 1 aliphatic rings. The molecule has 2 nitrogen and oxygen atoms in total. The Kier molecular flexibility index (Phi) is 3.94. The van der Waals surface area contributed by atoms with Crippen molar-refractivity contribution in [2.24, 2.45) is 0 Å². The van der Waals surface area contributed by atoms with Gasteiger partial charge >= 0.3 is 0 Å². The zero-order chi connectivity index (χ0) is 14.1. The van der Waals surface area contributed by atoms with Crippen molar-refractivity contribution in [3.05, 3.63) is 56.6 Å². The summed E-state index contributed by atoms with van der Waals surface area (Å²) >= 11 is 14.3. The average Bonchev–Trinajstić information content (AvgIpc) is 3.01. The van der Waals surface area contributed by atoms with Crippen molar-refractivity contribution in [2.75, 3.05) is 4.90 Å². The van der Waals surface area contributed by atoms with E-state index in [1.165, 1.54) is 16.7 Å². The minimum atomic E-state index is -0.124. The van der Waals surface area contributed by atoms with Gasteiger partial charge in [0.25, 0.3) is 5.91 Å². The van der Waals surface area contributed by atoms with Crippen LogP contribution in [-0.4, -0.2) is 10.2 Å². The summed E-state index contributed by atoms with van der Waals surface area (Å²) in [4.78, 5) is 15.6. The first-order valence-electron chi connectivity index (χ1n) is 5.73. The maximum atomic E-state index is 12.5. The van der Waals surface area contributed by atoms with Crippen molar-refractivity contribution in [3.63, 3.8) is 0 Å². The summed E-state index contributed by atoms with van der Waals surface area (Å²) in [5.74, 6) is -0.124. The third-order valence-electron chi connectivity index (χ3n) is 2.70. The van der Waals surface area contributed by atoms with Crippen molar-refractivity contribution in [2.45, 2.75) is 0 Å². The van der Waals surface area contributed by atoms with Gasteiger partial charge in [0, 0.05) is 4.88 Å². The van der Waals surface area contributed by atoms with E-state index in [0.29, 0.717) is 19.9 Å². The number of hydrogen-bond donors (Lipinski definition) is 0. The molecule has 20 heavy (non-hydrogen) atoms. The van der Waals surface area contributed by atoms with Crippen molar-refractivity contribution in [1.29, 1.82) is 0 Å². The minimum absolute atomic E-state index is 0.124. The number of thioether (sulfide) groups is 1. The molecule has 1 aromatic carbocycles. The van der Waals surface area contributed by atoms with E-state index in [2.05, 4.69) is 0 Å². The van der Waals surface area contributed by atoms with Crippen LogP contribution in [0.4, 0.5) is 5.69 Å². The van der Waals surface area contributed by atoms with Crippen LogP contribution < -0.4 is 4.90 Å². The Labute approximate surface area is 135 Å². The van der Waals surface area contributed by atoms with Gasteiger partial charge in [0.2, 0.25) is 0 Å². The lowest BCUT2D eigenvalue weighted by molar-refractivity contribution is -0.113. The first kappa shape index (κ1) is 13.8. The Hall–Kier alpha value is -1.14. The van der Waals surface area contributed by atoms with E-state index in [-0.39, 0.29) is 5.91 Å². The number of anilines is 1. The quantitative estimate of drug-likeness (QED) is 0.579. The van der Waals surface area contributed by atoms with Gasteiger partial charge in [0.05, 0.1) is 15.6 Å². The van der Waals surface area contributed by atoms with Crippen LogP contribution in [0.2, 0.25) is 5.02 Å². The summed E-state index contributed by atoms with van der Waals surface area (Å²) in [6.45, 7) is 0. The molecule has 0 aliphatic carbocycles. The molecule has 0 bridgehead atoms. The number of benzene rings is 1. The van der Waals surface area contributed by atoms with Gasteiger partial charge in [-0.2, -0.15) is 0 Å². The molecule has 0 spiro atoms. The van der Waals surface area contributed by atoms with Gasteiger partial charge in [0.1, 0.15) is 0 Å². The maximum Gasteiger partial charge on any atom is 0.270 e. The number of carbonyl (C=O) groups is 1. The third-order valence-corrected chi connectivity index (χ3v) is 5.14. The molecule has 3 rings (SSSR count). The van der Waals surface area contributed by atoms with Crippen LogP contribution in [0.3, 0.4) is 0 Å². The van der Waals surface area contributed by atoms with Gasteiger partial charge in [-0.25, -0.2) is 0 Å². The van der Waals surface area contributed by atoms with Crippen molar-refractivity contribution >= 4 is 68.9 Å². The minimum Gasteiger partial charge on any atom is -0.268 e. The average molecular weight is 338 g/mol. The molecule has 1 aromatic heterocycles. The van der Waals surface area contributed by atoms with Crippen LogP contribution >= 0.6 is 46.9 Å². The van der Waals surface area contributed by atoms with Crippen LogP contribution in [0.15, 0.2) is 46.7 Å². The molecule has 0 N–H and O–H groups in total. The van der Waals surface area contributed by atoms with Crippen LogP contribution in [0.1, 0.15) is 4.88 Å². The molecule has 1 amide bonds. The molecule has 0 unspecified atom stereocenters. The maximum absolute atomic E-state index is 12.5. The van der Waals surface area contributed by atoms with Crippen molar-refractivity contribution in [1.82, 2.24) is 0 Å². The zero-order valence-electron chi connectivity index (χ0n) is 10.1. The number of thiophene rings is 1. The highest BCUT2D eigenvalue weighted by Gasteiger charge is 2.34. The highest BCUT2D eigenvalue weighted by Crippen LogP contribution is 2.38. The normalized spacial score (nSPS) is 17.2. The Morgan fingerprint density at radius 2 is 2.00 bits per heavy atom. The Morgan fingerprint density at radius 3 is 2.70 bits per heavy atom. The molecular weight excluding hydrogens is 330 g/mol. The molecule has 2 heterocycles. The number of amides is 1. The summed E-state index contributed by atoms with van der Waals surface area (Å²) in [5, 5.41) is 2.49. The summed E-state index contributed by atoms with van der Waals surface area (Å²) in [5.41, 5.74) is 0.631. The number of thiocarbonyl (C=S) groups is 1. The molecule has 0 saturated carbocycles. The lowest BCUT2D eigenvalue weighted by atomic mass is 10.3. The van der Waals surface area contributed by atoms with Gasteiger partial charge in [-0.3, -0.25) is 9.69 Å². The second-order valence-corrected chi connectivity index (χ2v) is 7.05. The highest BCUT2D eigenvalue weighted by molar-refractivity contribution is 8.27. The van der Waals surface area contributed by atoms with Gasteiger partial charge in [-0.1, -0.05) is 53.8 Å². The SMILES string of the molecule is O=C1/C(=C/c2cccs2)SC(=S)N1c1ccccc1Cl. The first-order chi connectivity index (χ1) is 9.66. The number of halogens is 1. The monoisotopic (exact) mass is 337 g/mol. The fraction of sp³-hybridized carbons (Fsp3) is 0. The smallest absolute Gasteiger partial charge is 0.268 e. The van der Waals surface area contributed by atoms with E-state index in [9.17, 15) is 4.79 Å². The van der Waals surface area contributed by atoms with E-state index in [4.69, 9.17) is 23.8 Å². The summed E-state index contributed by atoms with van der Waals surface area (Å²) in [6.07, 6.45) is 1.86. The van der Waals surface area contributed by atoms with E-state index >= 15 is 0 Å². The molecule has 6 heteroatoms. The van der Waals surface area contributed by atoms with Crippen LogP contribution in [0, 0.1) is 0 Å². The zero-order valence-corrected chi connectivity index (χ0v) is 13.3. The van der Waals surface area contributed by atoms with Crippen molar-refractivity contribution in [3.8, 4) is 0 Å². The van der Waals surface area contributed by atoms with Gasteiger partial charge < -0.3 is 0 Å². The van der Waals surface area contributed by atoms with E-state index < -0.39 is 0 Å². The largest absolute Gasteiger partial charge is 0.270 e. The lowest BCUT2D eigenvalue weighted by Crippen LogP contribution is -2.27. The predicted octanol–water partition coefficient (Wildman–Crippen LogP) is 4.81. The summed E-state index contributed by atoms with van der Waals surface area (Å²) in [7, 11) is 0. The molecular formula is C14H8ClNOS3. The highest BCUT2D eigenvalue weighted by atomic mass is 35.5. The summed E-state index contributed by atoms with van der Waals surface area (Å²) in [6, 6.07) is 11.1. The van der Waals surface area contributed by atoms with E-state index in [1.54, 1.807) is 23.5 Å². The summed E-state index contributed by atoms with van der Waals surface area (Å²) < 4.78 is 0.505. The van der Waals surface area contributed by atoms with Gasteiger partial charge in [0.15, 0.2) is 4.32 Å². The van der Waals surface area contributed by atoms with Crippen molar-refractivity contribution < 1.29 is 4.79 Å². The molecule has 1 saturated heterocycles. The Bertz CT molecular complexity index is 709. The van der Waals surface area contributed by atoms with Crippen LogP contribution in [-0.2, 0) is 4.79 Å². The standard InChI is InChI=1S/C14H8ClNOS3/c15-10-5-1-2-6-11(10)16-13(17)12(20-14(16)18)8-9-4-3-7-19-9/h1-8H/b12-8-. The second kappa shape index (κ2) is 5.69. The van der Waals surface area contributed by atoms with Crippen LogP contribution in [0.5, 0.6) is 0 Å². The van der Waals surface area contributed by atoms with Gasteiger partial charge in [-0.05, 0) is 29.7 Å². The first-order valence-corrected chi connectivity index (χ1v) is 8.21. The number of para-hydroxylation sites is 1. The Balaban J connectivity index is 1.98. The fourth-order valence-corrected chi connectivity index (χ4v) is 4.04. The number of rotatable bonds is 2. The number of hydrogen-bond acceptors (Lipinski definition) is 4. The molecule has 0 atom stereocenters. The van der Waals surface area contributed by atoms with E-state index in [1.807, 2.05) is 35.7 Å². The van der Waals surface area contributed by atoms with Crippen LogP contribution in [0.25, 0.3) is 6.08 Å². The molecule has 2 aromatic rings. The van der Waals surface area contributed by atoms with E-state index in [0.717, 1.165) is 4.88 Å². The predicted molar refractivity (Wildman–Crippen MR) is 91.4 cm³/mol. The molecule has 1 aliphatic heterocycles. The molecule has 100 valence electrons. The molecule has 1 fully saturated rings. The fourth-order valence-electron chi connectivity index (χ4n) is 1.81. The second-order valence-electron chi connectivity index (χ2n) is 3.98. The number of nitrogens with zero attached hydrogens (tertiary/aromatic N) is 1. The lowest BCUT2D eigenvalue weighted by Gasteiger charge is -2.15. The molecule has 0 radical (unpaired) electrons. The number of carbonyl (C=O) groups excluding carboxylic acids is 1. The topological polar surface area (TPSA) is 20.3 Å². The third kappa shape index (κ3) is 2.54. The Morgan fingerprint density at radius 1 is 1.20 bits per heavy atom. The van der Waals surface area contributed by atoms with Gasteiger partial charge in [-0.15, -0.1) is 11.3 Å².